The Morgan fingerprint density at radius 1 is 1.03 bits per heavy atom. The van der Waals surface area contributed by atoms with Crippen LogP contribution in [0.2, 0.25) is 0 Å². The molecule has 156 valence electrons. The second kappa shape index (κ2) is 9.38. The van der Waals surface area contributed by atoms with Gasteiger partial charge in [-0.05, 0) is 25.3 Å². The van der Waals surface area contributed by atoms with E-state index in [1.54, 1.807) is 0 Å². The fraction of sp³-hybridized carbons (Fsp3) is 0.542. The van der Waals surface area contributed by atoms with Gasteiger partial charge in [0.15, 0.2) is 0 Å². The first kappa shape index (κ1) is 21.3. The molecule has 1 saturated heterocycles. The summed E-state index contributed by atoms with van der Waals surface area (Å²) < 4.78 is 0. The molecule has 1 aromatic carbocycles. The van der Waals surface area contributed by atoms with Gasteiger partial charge < -0.3 is 9.80 Å². The number of aryl methyl sites for hydroxylation is 2. The summed E-state index contributed by atoms with van der Waals surface area (Å²) in [6.07, 6.45) is 2.29. The molecule has 0 spiro atoms. The SMILES string of the molecule is CCC(=O)N1CCN(c2nc(CC(C)C)nc(C)c2Cc2ccc(C)cc2)CC1. The number of anilines is 1. The maximum atomic E-state index is 12.1. The van der Waals surface area contributed by atoms with Crippen molar-refractivity contribution in [2.45, 2.75) is 53.9 Å². The zero-order valence-electron chi connectivity index (χ0n) is 18.5. The van der Waals surface area contributed by atoms with Crippen molar-refractivity contribution in [2.75, 3.05) is 31.1 Å². The summed E-state index contributed by atoms with van der Waals surface area (Å²) in [6, 6.07) is 8.71. The maximum Gasteiger partial charge on any atom is 0.222 e. The standard InChI is InChI=1S/C24H34N4O/c1-6-23(29)27-11-13-28(14-12-27)24-21(16-20-9-7-18(4)8-10-20)19(5)25-22(26-24)15-17(2)3/h7-10,17H,6,11-16H2,1-5H3. The van der Waals surface area contributed by atoms with Gasteiger partial charge in [-0.1, -0.05) is 50.6 Å². The minimum absolute atomic E-state index is 0.240. The number of benzene rings is 1. The highest BCUT2D eigenvalue weighted by atomic mass is 16.2. The van der Waals surface area contributed by atoms with Gasteiger partial charge in [0.25, 0.3) is 0 Å². The average molecular weight is 395 g/mol. The Balaban J connectivity index is 1.90. The Labute approximate surface area is 175 Å². The molecule has 1 amide bonds. The van der Waals surface area contributed by atoms with Crippen LogP contribution in [0.4, 0.5) is 5.82 Å². The first-order chi connectivity index (χ1) is 13.9. The van der Waals surface area contributed by atoms with Crippen LogP contribution in [0.1, 0.15) is 55.4 Å². The molecule has 1 aliphatic rings. The normalized spacial score (nSPS) is 14.6. The minimum Gasteiger partial charge on any atom is -0.353 e. The van der Waals surface area contributed by atoms with Gasteiger partial charge >= 0.3 is 0 Å². The molecule has 0 radical (unpaired) electrons. The molecular weight excluding hydrogens is 360 g/mol. The lowest BCUT2D eigenvalue weighted by atomic mass is 10.0. The number of carbonyl (C=O) groups is 1. The maximum absolute atomic E-state index is 12.1. The Morgan fingerprint density at radius 3 is 2.28 bits per heavy atom. The van der Waals surface area contributed by atoms with E-state index >= 15 is 0 Å². The van der Waals surface area contributed by atoms with Crippen LogP contribution in [0.25, 0.3) is 0 Å². The van der Waals surface area contributed by atoms with Crippen LogP contribution in [-0.4, -0.2) is 47.0 Å². The van der Waals surface area contributed by atoms with Gasteiger partial charge in [-0.3, -0.25) is 4.79 Å². The summed E-state index contributed by atoms with van der Waals surface area (Å²) in [5.41, 5.74) is 4.82. The number of piperazine rings is 1. The van der Waals surface area contributed by atoms with E-state index in [0.717, 1.165) is 56.4 Å². The van der Waals surface area contributed by atoms with Crippen molar-refractivity contribution in [2.24, 2.45) is 5.92 Å². The third-order valence-corrected chi connectivity index (χ3v) is 5.57. The second-order valence-corrected chi connectivity index (χ2v) is 8.51. The number of hydrogen-bond acceptors (Lipinski definition) is 4. The Morgan fingerprint density at radius 2 is 1.69 bits per heavy atom. The van der Waals surface area contributed by atoms with Crippen LogP contribution in [-0.2, 0) is 17.6 Å². The van der Waals surface area contributed by atoms with Crippen molar-refractivity contribution >= 4 is 11.7 Å². The van der Waals surface area contributed by atoms with Gasteiger partial charge in [0.05, 0.1) is 0 Å². The van der Waals surface area contributed by atoms with Crippen LogP contribution < -0.4 is 4.90 Å². The lowest BCUT2D eigenvalue weighted by Gasteiger charge is -2.36. The third kappa shape index (κ3) is 5.34. The second-order valence-electron chi connectivity index (χ2n) is 8.51. The molecule has 2 aromatic rings. The molecule has 3 rings (SSSR count). The largest absolute Gasteiger partial charge is 0.353 e. The molecule has 1 aromatic heterocycles. The van der Waals surface area contributed by atoms with Gasteiger partial charge in [-0.25, -0.2) is 9.97 Å². The number of amides is 1. The van der Waals surface area contributed by atoms with E-state index in [0.29, 0.717) is 12.3 Å². The van der Waals surface area contributed by atoms with Gasteiger partial charge in [-0.2, -0.15) is 0 Å². The van der Waals surface area contributed by atoms with Gasteiger partial charge in [0, 0.05) is 56.7 Å². The lowest BCUT2D eigenvalue weighted by Crippen LogP contribution is -2.49. The fourth-order valence-corrected chi connectivity index (χ4v) is 3.86. The molecule has 0 unspecified atom stereocenters. The Kier molecular flexibility index (Phi) is 6.88. The molecule has 2 heterocycles. The van der Waals surface area contributed by atoms with E-state index in [4.69, 9.17) is 9.97 Å². The monoisotopic (exact) mass is 394 g/mol. The summed E-state index contributed by atoms with van der Waals surface area (Å²) in [5.74, 6) is 2.73. The van der Waals surface area contributed by atoms with Crippen molar-refractivity contribution in [1.29, 1.82) is 0 Å². The van der Waals surface area contributed by atoms with E-state index in [9.17, 15) is 4.79 Å². The molecule has 5 heteroatoms. The molecule has 0 saturated carbocycles. The third-order valence-electron chi connectivity index (χ3n) is 5.57. The van der Waals surface area contributed by atoms with Crippen LogP contribution in [0.15, 0.2) is 24.3 Å². The first-order valence-electron chi connectivity index (χ1n) is 10.8. The van der Waals surface area contributed by atoms with Crippen molar-refractivity contribution in [1.82, 2.24) is 14.9 Å². The van der Waals surface area contributed by atoms with E-state index < -0.39 is 0 Å². The molecule has 0 atom stereocenters. The van der Waals surface area contributed by atoms with Crippen molar-refractivity contribution in [3.05, 3.63) is 52.5 Å². The first-order valence-corrected chi connectivity index (χ1v) is 10.8. The predicted octanol–water partition coefficient (Wildman–Crippen LogP) is 3.94. The smallest absolute Gasteiger partial charge is 0.222 e. The molecule has 1 fully saturated rings. The topological polar surface area (TPSA) is 49.3 Å². The summed E-state index contributed by atoms with van der Waals surface area (Å²) in [5, 5.41) is 0. The van der Waals surface area contributed by atoms with Crippen LogP contribution in [0.5, 0.6) is 0 Å². The molecular formula is C24H34N4O. The molecule has 1 aliphatic heterocycles. The Bertz CT molecular complexity index is 837. The summed E-state index contributed by atoms with van der Waals surface area (Å²) >= 11 is 0. The highest BCUT2D eigenvalue weighted by Gasteiger charge is 2.24. The highest BCUT2D eigenvalue weighted by molar-refractivity contribution is 5.76. The van der Waals surface area contributed by atoms with E-state index in [1.807, 2.05) is 11.8 Å². The number of nitrogens with zero attached hydrogens (tertiary/aromatic N) is 4. The van der Waals surface area contributed by atoms with Crippen molar-refractivity contribution in [3.8, 4) is 0 Å². The zero-order chi connectivity index (χ0) is 21.0. The van der Waals surface area contributed by atoms with Crippen LogP contribution in [0, 0.1) is 19.8 Å². The predicted molar refractivity (Wildman–Crippen MR) is 118 cm³/mol. The number of rotatable bonds is 6. The average Bonchev–Trinajstić information content (AvgIpc) is 2.70. The molecule has 29 heavy (non-hydrogen) atoms. The number of hydrogen-bond donors (Lipinski definition) is 0. The van der Waals surface area contributed by atoms with Crippen LogP contribution in [0.3, 0.4) is 0 Å². The fourth-order valence-electron chi connectivity index (χ4n) is 3.86. The van der Waals surface area contributed by atoms with Gasteiger partial charge in [0.2, 0.25) is 5.91 Å². The molecule has 0 aliphatic carbocycles. The lowest BCUT2D eigenvalue weighted by molar-refractivity contribution is -0.131. The summed E-state index contributed by atoms with van der Waals surface area (Å²) in [6.45, 7) is 13.7. The van der Waals surface area contributed by atoms with Gasteiger partial charge in [-0.15, -0.1) is 0 Å². The molecule has 0 N–H and O–H groups in total. The highest BCUT2D eigenvalue weighted by Crippen LogP contribution is 2.26. The number of carbonyl (C=O) groups excluding carboxylic acids is 1. The van der Waals surface area contributed by atoms with Crippen LogP contribution >= 0.6 is 0 Å². The molecule has 0 bridgehead atoms. The summed E-state index contributed by atoms with van der Waals surface area (Å²) in [7, 11) is 0. The zero-order valence-corrected chi connectivity index (χ0v) is 18.5. The van der Waals surface area contributed by atoms with Crippen molar-refractivity contribution < 1.29 is 4.79 Å². The van der Waals surface area contributed by atoms with Crippen molar-refractivity contribution in [3.63, 3.8) is 0 Å². The van der Waals surface area contributed by atoms with E-state index in [-0.39, 0.29) is 5.91 Å². The minimum atomic E-state index is 0.240. The quantitative estimate of drug-likeness (QED) is 0.745. The Hall–Kier alpha value is -2.43. The van der Waals surface area contributed by atoms with Gasteiger partial charge in [0.1, 0.15) is 11.6 Å². The number of aromatic nitrogens is 2. The summed E-state index contributed by atoms with van der Waals surface area (Å²) in [4.78, 5) is 26.2. The van der Waals surface area contributed by atoms with E-state index in [2.05, 4.69) is 56.9 Å². The van der Waals surface area contributed by atoms with E-state index in [1.165, 1.54) is 16.7 Å². The molecule has 5 nitrogen and oxygen atoms in total.